The normalized spacial score (nSPS) is 14.9. The zero-order valence-corrected chi connectivity index (χ0v) is 12.0. The van der Waals surface area contributed by atoms with Crippen molar-refractivity contribution in [2.24, 2.45) is 5.92 Å². The Hall–Kier alpha value is -2.04. The molecule has 5 nitrogen and oxygen atoms in total. The third kappa shape index (κ3) is 5.45. The summed E-state index contributed by atoms with van der Waals surface area (Å²) in [7, 11) is 0. The van der Waals surface area contributed by atoms with Gasteiger partial charge in [-0.1, -0.05) is 25.7 Å². The van der Waals surface area contributed by atoms with E-state index in [9.17, 15) is 9.59 Å². The number of carbonyl (C=O) groups excluding carboxylic acids is 2. The van der Waals surface area contributed by atoms with Crippen LogP contribution in [0, 0.1) is 5.92 Å². The summed E-state index contributed by atoms with van der Waals surface area (Å²) in [4.78, 5) is 23.2. The zero-order chi connectivity index (χ0) is 15.1. The van der Waals surface area contributed by atoms with Crippen molar-refractivity contribution in [1.82, 2.24) is 0 Å². The molecule has 2 N–H and O–H groups in total. The lowest BCUT2D eigenvalue weighted by Crippen LogP contribution is -2.21. The van der Waals surface area contributed by atoms with E-state index in [1.807, 2.05) is 0 Å². The molecule has 1 fully saturated rings. The highest BCUT2D eigenvalue weighted by Gasteiger charge is 2.17. The van der Waals surface area contributed by atoms with Crippen molar-refractivity contribution in [1.29, 1.82) is 0 Å². The van der Waals surface area contributed by atoms with Crippen molar-refractivity contribution in [3.05, 3.63) is 24.3 Å². The molecule has 1 aliphatic rings. The maximum atomic E-state index is 11.6. The lowest BCUT2D eigenvalue weighted by molar-refractivity contribution is -0.147. The summed E-state index contributed by atoms with van der Waals surface area (Å²) in [5, 5.41) is 11.7. The monoisotopic (exact) mass is 291 g/mol. The number of hydrogen-bond donors (Lipinski definition) is 2. The second-order valence-electron chi connectivity index (χ2n) is 5.44. The number of nitrogens with one attached hydrogen (secondary N) is 1. The Morgan fingerprint density at radius 3 is 2.52 bits per heavy atom. The average molecular weight is 291 g/mol. The topological polar surface area (TPSA) is 75.6 Å². The molecule has 0 unspecified atom stereocenters. The van der Waals surface area contributed by atoms with E-state index in [2.05, 4.69) is 5.32 Å². The van der Waals surface area contributed by atoms with Gasteiger partial charge in [-0.25, -0.2) is 0 Å². The van der Waals surface area contributed by atoms with Gasteiger partial charge in [-0.05, 0) is 36.6 Å². The summed E-state index contributed by atoms with van der Waals surface area (Å²) in [6.45, 7) is -0.273. The Kier molecular flexibility index (Phi) is 5.60. The number of anilines is 1. The predicted octanol–water partition coefficient (Wildman–Crippen LogP) is 2.84. The van der Waals surface area contributed by atoms with E-state index in [1.54, 1.807) is 12.1 Å². The van der Waals surface area contributed by atoms with Crippen LogP contribution < -0.4 is 5.32 Å². The summed E-state index contributed by atoms with van der Waals surface area (Å²) >= 11 is 0. The lowest BCUT2D eigenvalue weighted by Gasteiger charge is -2.09. The largest absolute Gasteiger partial charge is 0.508 e. The molecular formula is C16H21NO4. The van der Waals surface area contributed by atoms with Crippen LogP contribution in [0.3, 0.4) is 0 Å². The summed E-state index contributed by atoms with van der Waals surface area (Å²) in [5.74, 6) is 0.0763. The molecular weight excluding hydrogens is 270 g/mol. The van der Waals surface area contributed by atoms with Gasteiger partial charge in [0.05, 0.1) is 0 Å². The number of phenolic OH excluding ortho intramolecular Hbond substituents is 1. The number of hydrogen-bond acceptors (Lipinski definition) is 4. The SMILES string of the molecule is O=C(COC(=O)CCC1CCCC1)Nc1ccc(O)cc1. The molecule has 0 saturated heterocycles. The summed E-state index contributed by atoms with van der Waals surface area (Å²) < 4.78 is 4.96. The second-order valence-corrected chi connectivity index (χ2v) is 5.44. The molecule has 0 spiro atoms. The fraction of sp³-hybridized carbons (Fsp3) is 0.500. The van der Waals surface area contributed by atoms with Crippen molar-refractivity contribution >= 4 is 17.6 Å². The minimum atomic E-state index is -0.380. The molecule has 1 saturated carbocycles. The molecule has 2 rings (SSSR count). The zero-order valence-electron chi connectivity index (χ0n) is 12.0. The van der Waals surface area contributed by atoms with Crippen LogP contribution in [-0.4, -0.2) is 23.6 Å². The van der Waals surface area contributed by atoms with Crippen LogP contribution in [0.2, 0.25) is 0 Å². The van der Waals surface area contributed by atoms with Gasteiger partial charge in [0.1, 0.15) is 5.75 Å². The Bertz CT molecular complexity index is 478. The second kappa shape index (κ2) is 7.67. The van der Waals surface area contributed by atoms with Gasteiger partial charge in [0.2, 0.25) is 0 Å². The number of benzene rings is 1. The number of phenols is 1. The van der Waals surface area contributed by atoms with Gasteiger partial charge in [-0.2, -0.15) is 0 Å². The van der Waals surface area contributed by atoms with Gasteiger partial charge in [0.25, 0.3) is 5.91 Å². The number of rotatable bonds is 6. The first-order valence-corrected chi connectivity index (χ1v) is 7.38. The van der Waals surface area contributed by atoms with Gasteiger partial charge in [0.15, 0.2) is 6.61 Å². The Labute approximate surface area is 124 Å². The molecule has 21 heavy (non-hydrogen) atoms. The van der Waals surface area contributed by atoms with Crippen LogP contribution in [0.15, 0.2) is 24.3 Å². The van der Waals surface area contributed by atoms with Gasteiger partial charge in [-0.15, -0.1) is 0 Å². The minimum Gasteiger partial charge on any atom is -0.508 e. The molecule has 114 valence electrons. The quantitative estimate of drug-likeness (QED) is 0.624. The molecule has 0 aromatic heterocycles. The van der Waals surface area contributed by atoms with Crippen LogP contribution in [-0.2, 0) is 14.3 Å². The molecule has 0 bridgehead atoms. The first kappa shape index (κ1) is 15.4. The molecule has 0 radical (unpaired) electrons. The van der Waals surface area contributed by atoms with Crippen LogP contribution >= 0.6 is 0 Å². The maximum Gasteiger partial charge on any atom is 0.306 e. The van der Waals surface area contributed by atoms with Crippen LogP contribution in [0.25, 0.3) is 0 Å². The van der Waals surface area contributed by atoms with Crippen LogP contribution in [0.1, 0.15) is 38.5 Å². The summed E-state index contributed by atoms with van der Waals surface area (Å²) in [6, 6.07) is 6.11. The van der Waals surface area contributed by atoms with E-state index < -0.39 is 0 Å². The van der Waals surface area contributed by atoms with E-state index in [1.165, 1.54) is 37.8 Å². The van der Waals surface area contributed by atoms with Gasteiger partial charge in [-0.3, -0.25) is 9.59 Å². The van der Waals surface area contributed by atoms with E-state index in [-0.39, 0.29) is 24.2 Å². The Morgan fingerprint density at radius 1 is 1.19 bits per heavy atom. The molecule has 1 aromatic rings. The fourth-order valence-electron chi connectivity index (χ4n) is 2.58. The van der Waals surface area contributed by atoms with Crippen molar-refractivity contribution < 1.29 is 19.4 Å². The molecule has 1 aromatic carbocycles. The average Bonchev–Trinajstić information content (AvgIpc) is 2.99. The minimum absolute atomic E-state index is 0.131. The number of esters is 1. The van der Waals surface area contributed by atoms with Gasteiger partial charge in [0, 0.05) is 12.1 Å². The lowest BCUT2D eigenvalue weighted by atomic mass is 10.0. The smallest absolute Gasteiger partial charge is 0.306 e. The molecule has 0 aliphatic heterocycles. The number of aromatic hydroxyl groups is 1. The molecule has 1 aliphatic carbocycles. The fourth-order valence-corrected chi connectivity index (χ4v) is 2.58. The first-order chi connectivity index (χ1) is 10.1. The van der Waals surface area contributed by atoms with Gasteiger partial charge >= 0.3 is 5.97 Å². The standard InChI is InChI=1S/C16H21NO4/c18-14-8-6-13(7-9-14)17-15(19)11-21-16(20)10-5-12-3-1-2-4-12/h6-9,12,18H,1-5,10-11H2,(H,17,19). The van der Waals surface area contributed by atoms with E-state index in [4.69, 9.17) is 9.84 Å². The molecule has 0 atom stereocenters. The summed E-state index contributed by atoms with van der Waals surface area (Å²) in [6.07, 6.45) is 6.17. The van der Waals surface area contributed by atoms with Crippen molar-refractivity contribution in [3.8, 4) is 5.75 Å². The van der Waals surface area contributed by atoms with Crippen molar-refractivity contribution in [2.75, 3.05) is 11.9 Å². The maximum absolute atomic E-state index is 11.6. The van der Waals surface area contributed by atoms with Crippen LogP contribution in [0.4, 0.5) is 5.69 Å². The number of ether oxygens (including phenoxy) is 1. The highest BCUT2D eigenvalue weighted by molar-refractivity contribution is 5.92. The Balaban J connectivity index is 1.63. The number of amides is 1. The van der Waals surface area contributed by atoms with Gasteiger partial charge < -0.3 is 15.2 Å². The molecule has 0 heterocycles. The number of carbonyl (C=O) groups is 2. The molecule has 1 amide bonds. The highest BCUT2D eigenvalue weighted by Crippen LogP contribution is 2.28. The summed E-state index contributed by atoms with van der Waals surface area (Å²) in [5.41, 5.74) is 0.555. The third-order valence-corrected chi connectivity index (χ3v) is 3.75. The van der Waals surface area contributed by atoms with E-state index in [0.717, 1.165) is 6.42 Å². The van der Waals surface area contributed by atoms with Crippen molar-refractivity contribution in [3.63, 3.8) is 0 Å². The predicted molar refractivity (Wildman–Crippen MR) is 78.9 cm³/mol. The van der Waals surface area contributed by atoms with E-state index >= 15 is 0 Å². The Morgan fingerprint density at radius 2 is 1.86 bits per heavy atom. The third-order valence-electron chi connectivity index (χ3n) is 3.75. The first-order valence-electron chi connectivity index (χ1n) is 7.38. The van der Waals surface area contributed by atoms with Crippen LogP contribution in [0.5, 0.6) is 5.75 Å². The highest BCUT2D eigenvalue weighted by atomic mass is 16.5. The van der Waals surface area contributed by atoms with Crippen molar-refractivity contribution in [2.45, 2.75) is 38.5 Å². The van der Waals surface area contributed by atoms with E-state index in [0.29, 0.717) is 18.0 Å². The molecule has 5 heteroatoms.